The van der Waals surface area contributed by atoms with E-state index in [0.717, 1.165) is 16.7 Å². The molecule has 3 nitrogen and oxygen atoms in total. The predicted molar refractivity (Wildman–Crippen MR) is 79.7 cm³/mol. The van der Waals surface area contributed by atoms with Gasteiger partial charge in [0.25, 0.3) is 0 Å². The lowest BCUT2D eigenvalue weighted by Gasteiger charge is -2.08. The summed E-state index contributed by atoms with van der Waals surface area (Å²) in [4.78, 5) is 11.9. The van der Waals surface area contributed by atoms with Crippen molar-refractivity contribution in [2.24, 2.45) is 0 Å². The summed E-state index contributed by atoms with van der Waals surface area (Å²) in [6.45, 7) is 3.41. The number of carbonyl (C=O) groups is 1. The molecular weight excluding hydrogens is 272 g/mol. The number of ketones is 1. The zero-order valence-electron chi connectivity index (χ0n) is 11.7. The Morgan fingerprint density at radius 3 is 2.25 bits per heavy atom. The van der Waals surface area contributed by atoms with E-state index in [0.29, 0.717) is 5.56 Å². The molecule has 0 bridgehead atoms. The zero-order chi connectivity index (χ0) is 14.9. The molecule has 0 spiro atoms. The highest BCUT2D eigenvalue weighted by atomic mass is 32.2. The lowest BCUT2D eigenvalue weighted by atomic mass is 9.98. The first kappa shape index (κ1) is 14.5. The van der Waals surface area contributed by atoms with Crippen LogP contribution in [0.5, 0.6) is 0 Å². The standard InChI is InChI=1S/C16H16O3S/c1-11-7-8-14(10-16(11)12(2)17)13-5-4-6-15(9-13)20(3,18)19/h4-10H,1-3H3. The van der Waals surface area contributed by atoms with Crippen LogP contribution in [0, 0.1) is 6.92 Å². The second-order valence-corrected chi connectivity index (χ2v) is 6.90. The molecule has 0 unspecified atom stereocenters. The number of carbonyl (C=O) groups excluding carboxylic acids is 1. The number of hydrogen-bond acceptors (Lipinski definition) is 3. The quantitative estimate of drug-likeness (QED) is 0.814. The van der Waals surface area contributed by atoms with Gasteiger partial charge in [-0.25, -0.2) is 8.42 Å². The Kier molecular flexibility index (Phi) is 3.77. The van der Waals surface area contributed by atoms with Crippen molar-refractivity contribution >= 4 is 15.6 Å². The fraction of sp³-hybridized carbons (Fsp3) is 0.188. The van der Waals surface area contributed by atoms with Crippen molar-refractivity contribution in [2.45, 2.75) is 18.7 Å². The van der Waals surface area contributed by atoms with Crippen LogP contribution >= 0.6 is 0 Å². The molecular formula is C16H16O3S. The molecule has 4 heteroatoms. The molecule has 2 aromatic carbocycles. The predicted octanol–water partition coefficient (Wildman–Crippen LogP) is 3.27. The van der Waals surface area contributed by atoms with E-state index in [2.05, 4.69) is 0 Å². The summed E-state index contributed by atoms with van der Waals surface area (Å²) >= 11 is 0. The third-order valence-electron chi connectivity index (χ3n) is 3.21. The summed E-state index contributed by atoms with van der Waals surface area (Å²) in [5.74, 6) is 0.00335. The molecule has 0 heterocycles. The highest BCUT2D eigenvalue weighted by molar-refractivity contribution is 7.90. The van der Waals surface area contributed by atoms with Crippen LogP contribution in [-0.4, -0.2) is 20.5 Å². The van der Waals surface area contributed by atoms with Crippen LogP contribution < -0.4 is 0 Å². The molecule has 0 amide bonds. The Labute approximate surface area is 119 Å². The van der Waals surface area contributed by atoms with E-state index in [4.69, 9.17) is 0 Å². The first-order valence-corrected chi connectivity index (χ1v) is 8.10. The van der Waals surface area contributed by atoms with E-state index in [1.165, 1.54) is 13.2 Å². The molecule has 0 aromatic heterocycles. The molecule has 0 atom stereocenters. The number of hydrogen-bond donors (Lipinski definition) is 0. The van der Waals surface area contributed by atoms with Gasteiger partial charge in [-0.2, -0.15) is 0 Å². The van der Waals surface area contributed by atoms with Gasteiger partial charge < -0.3 is 0 Å². The molecule has 2 aromatic rings. The van der Waals surface area contributed by atoms with Crippen LogP contribution in [0.3, 0.4) is 0 Å². The van der Waals surface area contributed by atoms with Crippen molar-refractivity contribution in [3.05, 3.63) is 53.6 Å². The van der Waals surface area contributed by atoms with Gasteiger partial charge in [-0.1, -0.05) is 24.3 Å². The Balaban J connectivity index is 2.58. The van der Waals surface area contributed by atoms with E-state index < -0.39 is 9.84 Å². The van der Waals surface area contributed by atoms with Crippen molar-refractivity contribution in [1.29, 1.82) is 0 Å². The van der Waals surface area contributed by atoms with Crippen LogP contribution in [-0.2, 0) is 9.84 Å². The van der Waals surface area contributed by atoms with Crippen LogP contribution in [0.25, 0.3) is 11.1 Å². The van der Waals surface area contributed by atoms with E-state index in [-0.39, 0.29) is 10.7 Å². The van der Waals surface area contributed by atoms with Gasteiger partial charge in [0.1, 0.15) is 0 Å². The Morgan fingerprint density at radius 2 is 1.65 bits per heavy atom. The number of sulfone groups is 1. The van der Waals surface area contributed by atoms with Crippen LogP contribution in [0.4, 0.5) is 0 Å². The summed E-state index contributed by atoms with van der Waals surface area (Å²) in [6.07, 6.45) is 1.18. The first-order valence-electron chi connectivity index (χ1n) is 6.21. The minimum Gasteiger partial charge on any atom is -0.295 e. The van der Waals surface area contributed by atoms with E-state index in [1.807, 2.05) is 25.1 Å². The molecule has 0 saturated heterocycles. The molecule has 0 fully saturated rings. The number of rotatable bonds is 3. The summed E-state index contributed by atoms with van der Waals surface area (Å²) in [7, 11) is -3.23. The van der Waals surface area contributed by atoms with Crippen molar-refractivity contribution in [1.82, 2.24) is 0 Å². The second kappa shape index (κ2) is 5.21. The van der Waals surface area contributed by atoms with E-state index in [9.17, 15) is 13.2 Å². The van der Waals surface area contributed by atoms with Gasteiger partial charge in [-0.05, 0) is 48.7 Å². The average Bonchev–Trinajstić information content (AvgIpc) is 2.38. The second-order valence-electron chi connectivity index (χ2n) is 4.89. The molecule has 0 N–H and O–H groups in total. The molecule has 104 valence electrons. The number of Topliss-reactive ketones (excluding diaryl/α,β-unsaturated/α-hetero) is 1. The molecule has 0 saturated carbocycles. The molecule has 20 heavy (non-hydrogen) atoms. The molecule has 2 rings (SSSR count). The van der Waals surface area contributed by atoms with Crippen molar-refractivity contribution in [3.63, 3.8) is 0 Å². The molecule has 0 aliphatic carbocycles. The topological polar surface area (TPSA) is 51.2 Å². The van der Waals surface area contributed by atoms with Gasteiger partial charge in [0.2, 0.25) is 0 Å². The highest BCUT2D eigenvalue weighted by Gasteiger charge is 2.10. The number of benzene rings is 2. The fourth-order valence-corrected chi connectivity index (χ4v) is 2.75. The van der Waals surface area contributed by atoms with Crippen molar-refractivity contribution < 1.29 is 13.2 Å². The van der Waals surface area contributed by atoms with Crippen LogP contribution in [0.15, 0.2) is 47.4 Å². The first-order chi connectivity index (χ1) is 9.29. The van der Waals surface area contributed by atoms with Crippen LogP contribution in [0.1, 0.15) is 22.8 Å². The van der Waals surface area contributed by atoms with Gasteiger partial charge in [-0.15, -0.1) is 0 Å². The van der Waals surface area contributed by atoms with Crippen LogP contribution in [0.2, 0.25) is 0 Å². The lowest BCUT2D eigenvalue weighted by molar-refractivity contribution is 0.101. The fourth-order valence-electron chi connectivity index (χ4n) is 2.09. The lowest BCUT2D eigenvalue weighted by Crippen LogP contribution is -1.98. The third kappa shape index (κ3) is 2.96. The van der Waals surface area contributed by atoms with Crippen molar-refractivity contribution in [3.8, 4) is 11.1 Å². The average molecular weight is 288 g/mol. The normalized spacial score (nSPS) is 11.3. The number of aryl methyl sites for hydroxylation is 1. The molecule has 0 aliphatic rings. The molecule has 0 aliphatic heterocycles. The zero-order valence-corrected chi connectivity index (χ0v) is 12.5. The Hall–Kier alpha value is -1.94. The summed E-state index contributed by atoms with van der Waals surface area (Å²) in [6, 6.07) is 12.3. The molecule has 0 radical (unpaired) electrons. The van der Waals surface area contributed by atoms with Gasteiger partial charge in [0.05, 0.1) is 4.90 Å². The van der Waals surface area contributed by atoms with Gasteiger partial charge in [0, 0.05) is 11.8 Å². The smallest absolute Gasteiger partial charge is 0.175 e. The van der Waals surface area contributed by atoms with E-state index >= 15 is 0 Å². The minimum atomic E-state index is -3.23. The monoisotopic (exact) mass is 288 g/mol. The van der Waals surface area contributed by atoms with Gasteiger partial charge >= 0.3 is 0 Å². The SMILES string of the molecule is CC(=O)c1cc(-c2cccc(S(C)(=O)=O)c2)ccc1C. The Bertz CT molecular complexity index is 774. The largest absolute Gasteiger partial charge is 0.295 e. The van der Waals surface area contributed by atoms with E-state index in [1.54, 1.807) is 24.3 Å². The van der Waals surface area contributed by atoms with Gasteiger partial charge in [0.15, 0.2) is 15.6 Å². The Morgan fingerprint density at radius 1 is 1.00 bits per heavy atom. The third-order valence-corrected chi connectivity index (χ3v) is 4.32. The maximum absolute atomic E-state index is 11.6. The highest BCUT2D eigenvalue weighted by Crippen LogP contribution is 2.25. The van der Waals surface area contributed by atoms with Gasteiger partial charge in [-0.3, -0.25) is 4.79 Å². The van der Waals surface area contributed by atoms with Crippen molar-refractivity contribution in [2.75, 3.05) is 6.26 Å². The maximum Gasteiger partial charge on any atom is 0.175 e. The summed E-state index contributed by atoms with van der Waals surface area (Å²) in [5, 5.41) is 0. The maximum atomic E-state index is 11.6. The minimum absolute atomic E-state index is 0.00335. The summed E-state index contributed by atoms with van der Waals surface area (Å²) in [5.41, 5.74) is 3.20. The summed E-state index contributed by atoms with van der Waals surface area (Å²) < 4.78 is 23.2.